The Balaban J connectivity index is 2.42. The Labute approximate surface area is 112 Å². The number of benzene rings is 1. The molecule has 0 aromatic heterocycles. The molecule has 1 N–H and O–H groups in total. The summed E-state index contributed by atoms with van der Waals surface area (Å²) in [5, 5.41) is 12.4. The SMILES string of the molecule is CC(C)CCCCNc1cccc(Br)c1C#N. The maximum Gasteiger partial charge on any atom is 0.103 e. The predicted molar refractivity (Wildman–Crippen MR) is 76.0 cm³/mol. The molecule has 1 aromatic rings. The van der Waals surface area contributed by atoms with Crippen LogP contribution >= 0.6 is 15.9 Å². The molecule has 0 atom stereocenters. The van der Waals surface area contributed by atoms with E-state index in [0.717, 1.165) is 29.0 Å². The van der Waals surface area contributed by atoms with Crippen LogP contribution in [0.3, 0.4) is 0 Å². The molecule has 0 radical (unpaired) electrons. The van der Waals surface area contributed by atoms with Crippen LogP contribution < -0.4 is 5.32 Å². The van der Waals surface area contributed by atoms with Crippen LogP contribution in [-0.4, -0.2) is 6.54 Å². The van der Waals surface area contributed by atoms with Gasteiger partial charge in [0.15, 0.2) is 0 Å². The van der Waals surface area contributed by atoms with Crippen molar-refractivity contribution < 1.29 is 0 Å². The van der Waals surface area contributed by atoms with Crippen molar-refractivity contribution in [1.82, 2.24) is 0 Å². The van der Waals surface area contributed by atoms with Gasteiger partial charge in [-0.3, -0.25) is 0 Å². The third-order valence-corrected chi connectivity index (χ3v) is 3.31. The van der Waals surface area contributed by atoms with Gasteiger partial charge in [-0.2, -0.15) is 5.26 Å². The lowest BCUT2D eigenvalue weighted by Crippen LogP contribution is -2.04. The van der Waals surface area contributed by atoms with Gasteiger partial charge in [0.2, 0.25) is 0 Å². The van der Waals surface area contributed by atoms with E-state index in [1.165, 1.54) is 12.8 Å². The highest BCUT2D eigenvalue weighted by Crippen LogP contribution is 2.23. The number of nitrogens with zero attached hydrogens (tertiary/aromatic N) is 1. The summed E-state index contributed by atoms with van der Waals surface area (Å²) in [7, 11) is 0. The molecule has 0 aliphatic carbocycles. The summed E-state index contributed by atoms with van der Waals surface area (Å²) in [5.41, 5.74) is 1.61. The topological polar surface area (TPSA) is 35.8 Å². The molecule has 0 amide bonds. The molecule has 0 heterocycles. The summed E-state index contributed by atoms with van der Waals surface area (Å²) in [6.07, 6.45) is 3.65. The average molecular weight is 295 g/mol. The summed E-state index contributed by atoms with van der Waals surface area (Å²) in [6, 6.07) is 8.00. The number of hydrogen-bond donors (Lipinski definition) is 1. The molecule has 0 spiro atoms. The Morgan fingerprint density at radius 1 is 1.35 bits per heavy atom. The molecule has 0 saturated heterocycles. The Hall–Kier alpha value is -1.01. The van der Waals surface area contributed by atoms with Gasteiger partial charge in [-0.15, -0.1) is 0 Å². The Morgan fingerprint density at radius 3 is 2.76 bits per heavy atom. The van der Waals surface area contributed by atoms with E-state index in [-0.39, 0.29) is 0 Å². The summed E-state index contributed by atoms with van der Waals surface area (Å²) in [4.78, 5) is 0. The molecule has 2 nitrogen and oxygen atoms in total. The first-order valence-corrected chi connectivity index (χ1v) is 6.87. The van der Waals surface area contributed by atoms with E-state index in [0.29, 0.717) is 5.56 Å². The zero-order valence-corrected chi connectivity index (χ0v) is 12.0. The summed E-state index contributed by atoms with van der Waals surface area (Å²) in [5.74, 6) is 0.774. The second kappa shape index (κ2) is 7.34. The average Bonchev–Trinajstić information content (AvgIpc) is 2.28. The fourth-order valence-corrected chi connectivity index (χ4v) is 2.14. The molecule has 92 valence electrons. The molecular formula is C14H19BrN2. The first-order chi connectivity index (χ1) is 8.15. The van der Waals surface area contributed by atoms with E-state index in [1.807, 2.05) is 18.2 Å². The fourth-order valence-electron chi connectivity index (χ4n) is 1.69. The third-order valence-electron chi connectivity index (χ3n) is 2.65. The van der Waals surface area contributed by atoms with Crippen molar-refractivity contribution in [3.8, 4) is 6.07 Å². The molecular weight excluding hydrogens is 276 g/mol. The highest BCUT2D eigenvalue weighted by atomic mass is 79.9. The Morgan fingerprint density at radius 2 is 2.12 bits per heavy atom. The van der Waals surface area contributed by atoms with Crippen molar-refractivity contribution in [3.63, 3.8) is 0 Å². The van der Waals surface area contributed by atoms with Crippen LogP contribution in [-0.2, 0) is 0 Å². The van der Waals surface area contributed by atoms with Crippen molar-refractivity contribution in [2.24, 2.45) is 5.92 Å². The van der Waals surface area contributed by atoms with Crippen molar-refractivity contribution in [2.75, 3.05) is 11.9 Å². The summed E-state index contributed by atoms with van der Waals surface area (Å²) < 4.78 is 0.854. The smallest absolute Gasteiger partial charge is 0.103 e. The van der Waals surface area contributed by atoms with Crippen LogP contribution in [0.2, 0.25) is 0 Å². The zero-order valence-electron chi connectivity index (χ0n) is 10.5. The number of unbranched alkanes of at least 4 members (excludes halogenated alkanes) is 1. The van der Waals surface area contributed by atoms with Crippen LogP contribution in [0.1, 0.15) is 38.7 Å². The van der Waals surface area contributed by atoms with Gasteiger partial charge < -0.3 is 5.32 Å². The van der Waals surface area contributed by atoms with Crippen LogP contribution in [0.4, 0.5) is 5.69 Å². The Kier molecular flexibility index (Phi) is 6.07. The third kappa shape index (κ3) is 4.79. The fraction of sp³-hybridized carbons (Fsp3) is 0.500. The second-order valence-corrected chi connectivity index (χ2v) is 5.44. The second-order valence-electron chi connectivity index (χ2n) is 4.59. The van der Waals surface area contributed by atoms with Crippen molar-refractivity contribution in [1.29, 1.82) is 5.26 Å². The first-order valence-electron chi connectivity index (χ1n) is 6.07. The minimum atomic E-state index is 0.691. The number of anilines is 1. The highest BCUT2D eigenvalue weighted by Gasteiger charge is 2.04. The molecule has 0 aliphatic rings. The van der Waals surface area contributed by atoms with E-state index < -0.39 is 0 Å². The van der Waals surface area contributed by atoms with E-state index in [4.69, 9.17) is 5.26 Å². The van der Waals surface area contributed by atoms with Gasteiger partial charge in [0.25, 0.3) is 0 Å². The first kappa shape index (κ1) is 14.1. The number of nitrogens with one attached hydrogen (secondary N) is 1. The number of nitriles is 1. The van der Waals surface area contributed by atoms with Gasteiger partial charge in [-0.1, -0.05) is 32.8 Å². The van der Waals surface area contributed by atoms with E-state index in [2.05, 4.69) is 41.2 Å². The van der Waals surface area contributed by atoms with Crippen molar-refractivity contribution >= 4 is 21.6 Å². The molecule has 0 unspecified atom stereocenters. The van der Waals surface area contributed by atoms with Gasteiger partial charge in [0.05, 0.1) is 11.3 Å². The van der Waals surface area contributed by atoms with Crippen LogP contribution in [0.15, 0.2) is 22.7 Å². The van der Waals surface area contributed by atoms with Gasteiger partial charge >= 0.3 is 0 Å². The minimum Gasteiger partial charge on any atom is -0.384 e. The number of halogens is 1. The standard InChI is InChI=1S/C14H19BrN2/c1-11(2)6-3-4-9-17-14-8-5-7-13(15)12(14)10-16/h5,7-8,11,17H,3-4,6,9H2,1-2H3. The highest BCUT2D eigenvalue weighted by molar-refractivity contribution is 9.10. The van der Waals surface area contributed by atoms with Crippen LogP contribution in [0.25, 0.3) is 0 Å². The largest absolute Gasteiger partial charge is 0.384 e. The molecule has 0 bridgehead atoms. The zero-order chi connectivity index (χ0) is 12.7. The predicted octanol–water partition coefficient (Wildman–Crippen LogP) is 4.56. The number of hydrogen-bond acceptors (Lipinski definition) is 2. The van der Waals surface area contributed by atoms with Crippen LogP contribution in [0, 0.1) is 17.2 Å². The molecule has 0 aliphatic heterocycles. The van der Waals surface area contributed by atoms with Crippen molar-refractivity contribution in [3.05, 3.63) is 28.2 Å². The lowest BCUT2D eigenvalue weighted by atomic mass is 10.1. The monoisotopic (exact) mass is 294 g/mol. The molecule has 17 heavy (non-hydrogen) atoms. The van der Waals surface area contributed by atoms with Crippen molar-refractivity contribution in [2.45, 2.75) is 33.1 Å². The van der Waals surface area contributed by atoms with E-state index >= 15 is 0 Å². The maximum atomic E-state index is 9.05. The quantitative estimate of drug-likeness (QED) is 0.781. The molecule has 3 heteroatoms. The summed E-state index contributed by atoms with van der Waals surface area (Å²) in [6.45, 7) is 5.42. The normalized spacial score (nSPS) is 10.3. The lowest BCUT2D eigenvalue weighted by molar-refractivity contribution is 0.545. The number of rotatable bonds is 6. The van der Waals surface area contributed by atoms with Gasteiger partial charge in [0.1, 0.15) is 6.07 Å². The van der Waals surface area contributed by atoms with Crippen LogP contribution in [0.5, 0.6) is 0 Å². The summed E-state index contributed by atoms with van der Waals surface area (Å²) >= 11 is 3.39. The lowest BCUT2D eigenvalue weighted by Gasteiger charge is -2.09. The Bertz CT molecular complexity index is 394. The van der Waals surface area contributed by atoms with Gasteiger partial charge in [-0.25, -0.2) is 0 Å². The minimum absolute atomic E-state index is 0.691. The maximum absolute atomic E-state index is 9.05. The van der Waals surface area contributed by atoms with E-state index in [9.17, 15) is 0 Å². The molecule has 1 aromatic carbocycles. The van der Waals surface area contributed by atoms with E-state index in [1.54, 1.807) is 0 Å². The van der Waals surface area contributed by atoms with Gasteiger partial charge in [-0.05, 0) is 40.4 Å². The molecule has 0 fully saturated rings. The van der Waals surface area contributed by atoms with Gasteiger partial charge in [0, 0.05) is 11.0 Å². The molecule has 1 rings (SSSR count). The molecule has 0 saturated carbocycles.